The van der Waals surface area contributed by atoms with Crippen LogP contribution in [0.5, 0.6) is 0 Å². The van der Waals surface area contributed by atoms with Gasteiger partial charge < -0.3 is 5.32 Å². The van der Waals surface area contributed by atoms with Crippen LogP contribution in [0.2, 0.25) is 0 Å². The van der Waals surface area contributed by atoms with Gasteiger partial charge in [0.05, 0.1) is 27.8 Å². The van der Waals surface area contributed by atoms with Gasteiger partial charge in [-0.1, -0.05) is 0 Å². The molecule has 0 saturated heterocycles. The van der Waals surface area contributed by atoms with Gasteiger partial charge in [-0.15, -0.1) is 11.3 Å². The van der Waals surface area contributed by atoms with E-state index < -0.39 is 0 Å². The van der Waals surface area contributed by atoms with Gasteiger partial charge in [-0.05, 0) is 32.0 Å². The highest BCUT2D eigenvalue weighted by molar-refractivity contribution is 7.09. The predicted molar refractivity (Wildman–Crippen MR) is 78.4 cm³/mol. The van der Waals surface area contributed by atoms with Crippen molar-refractivity contribution < 1.29 is 0 Å². The number of thiazole rings is 1. The summed E-state index contributed by atoms with van der Waals surface area (Å²) < 4.78 is 0. The van der Waals surface area contributed by atoms with E-state index in [-0.39, 0.29) is 6.04 Å². The minimum absolute atomic E-state index is 0.180. The molecule has 1 aromatic carbocycles. The summed E-state index contributed by atoms with van der Waals surface area (Å²) in [5, 5.41) is 6.62. The minimum atomic E-state index is 0.180. The first kappa shape index (κ1) is 12.0. The summed E-state index contributed by atoms with van der Waals surface area (Å²) in [4.78, 5) is 13.1. The molecule has 3 rings (SSSR count). The maximum atomic E-state index is 4.50. The molecule has 0 aliphatic heterocycles. The molecule has 4 nitrogen and oxygen atoms in total. The highest BCUT2D eigenvalue weighted by Crippen LogP contribution is 2.22. The van der Waals surface area contributed by atoms with E-state index in [1.807, 2.05) is 25.1 Å². The minimum Gasteiger partial charge on any atom is -0.377 e. The summed E-state index contributed by atoms with van der Waals surface area (Å²) in [6.45, 7) is 4.13. The van der Waals surface area contributed by atoms with Crippen molar-refractivity contribution in [2.45, 2.75) is 19.9 Å². The van der Waals surface area contributed by atoms with E-state index in [1.54, 1.807) is 23.7 Å². The van der Waals surface area contributed by atoms with Gasteiger partial charge in [-0.3, -0.25) is 9.97 Å². The van der Waals surface area contributed by atoms with Gasteiger partial charge in [-0.25, -0.2) is 4.98 Å². The van der Waals surface area contributed by atoms with Crippen LogP contribution in [0, 0.1) is 6.92 Å². The predicted octanol–water partition coefficient (Wildman–Crippen LogP) is 3.57. The molecular formula is C14H14N4S. The van der Waals surface area contributed by atoms with Crippen molar-refractivity contribution in [3.8, 4) is 0 Å². The normalized spacial score (nSPS) is 12.5. The van der Waals surface area contributed by atoms with E-state index in [4.69, 9.17) is 0 Å². The highest BCUT2D eigenvalue weighted by atomic mass is 32.1. The molecule has 2 heterocycles. The van der Waals surface area contributed by atoms with Crippen molar-refractivity contribution in [3.05, 3.63) is 46.7 Å². The molecule has 0 fully saturated rings. The molecule has 96 valence electrons. The summed E-state index contributed by atoms with van der Waals surface area (Å²) in [6.07, 6.45) is 3.41. The summed E-state index contributed by atoms with van der Waals surface area (Å²) in [5.41, 5.74) is 3.91. The molecule has 2 aromatic heterocycles. The molecule has 1 atom stereocenters. The molecular weight excluding hydrogens is 256 g/mol. The Balaban J connectivity index is 1.84. The third kappa shape index (κ3) is 2.56. The van der Waals surface area contributed by atoms with Crippen LogP contribution in [0.1, 0.15) is 23.7 Å². The molecule has 0 bridgehead atoms. The summed E-state index contributed by atoms with van der Waals surface area (Å²) >= 11 is 1.67. The average molecular weight is 270 g/mol. The van der Waals surface area contributed by atoms with E-state index in [0.717, 1.165) is 27.4 Å². The van der Waals surface area contributed by atoms with Crippen LogP contribution in [0.15, 0.2) is 36.0 Å². The lowest BCUT2D eigenvalue weighted by molar-refractivity contribution is 0.845. The van der Waals surface area contributed by atoms with Crippen LogP contribution < -0.4 is 5.32 Å². The Kier molecular flexibility index (Phi) is 3.13. The molecule has 0 saturated carbocycles. The van der Waals surface area contributed by atoms with Crippen molar-refractivity contribution in [2.75, 3.05) is 5.32 Å². The number of benzene rings is 1. The number of nitrogens with zero attached hydrogens (tertiary/aromatic N) is 3. The van der Waals surface area contributed by atoms with Crippen LogP contribution >= 0.6 is 11.3 Å². The first-order valence-electron chi connectivity index (χ1n) is 6.12. The third-order valence-corrected chi connectivity index (χ3v) is 3.72. The second-order valence-corrected chi connectivity index (χ2v) is 5.48. The maximum Gasteiger partial charge on any atom is 0.0907 e. The molecule has 1 N–H and O–H groups in total. The number of anilines is 1. The lowest BCUT2D eigenvalue weighted by atomic mass is 10.2. The zero-order valence-corrected chi connectivity index (χ0v) is 11.6. The molecule has 0 spiro atoms. The van der Waals surface area contributed by atoms with Crippen molar-refractivity contribution in [3.63, 3.8) is 0 Å². The Hall–Kier alpha value is -2.01. The number of nitrogens with one attached hydrogen (secondary N) is 1. The Bertz CT molecular complexity index is 707. The Morgan fingerprint density at radius 3 is 2.68 bits per heavy atom. The average Bonchev–Trinajstić information content (AvgIpc) is 2.85. The van der Waals surface area contributed by atoms with E-state index in [2.05, 4.69) is 32.6 Å². The lowest BCUT2D eigenvalue weighted by Crippen LogP contribution is -2.07. The standard InChI is InChI=1S/C14H14N4S/c1-9(14-8-19-10(2)18-14)17-11-3-4-12-13(7-11)16-6-5-15-12/h3-9,17H,1-2H3. The second kappa shape index (κ2) is 4.93. The monoisotopic (exact) mass is 270 g/mol. The molecule has 1 unspecified atom stereocenters. The number of hydrogen-bond acceptors (Lipinski definition) is 5. The van der Waals surface area contributed by atoms with Crippen LogP contribution in [0.25, 0.3) is 11.0 Å². The Morgan fingerprint density at radius 2 is 1.95 bits per heavy atom. The molecule has 5 heteroatoms. The van der Waals surface area contributed by atoms with Crippen LogP contribution in [-0.4, -0.2) is 15.0 Å². The van der Waals surface area contributed by atoms with Gasteiger partial charge in [0, 0.05) is 23.5 Å². The number of rotatable bonds is 3. The summed E-state index contributed by atoms with van der Waals surface area (Å²) in [7, 11) is 0. The van der Waals surface area contributed by atoms with Crippen LogP contribution in [-0.2, 0) is 0 Å². The van der Waals surface area contributed by atoms with E-state index >= 15 is 0 Å². The first-order chi connectivity index (χ1) is 9.22. The van der Waals surface area contributed by atoms with Gasteiger partial charge in [0.1, 0.15) is 0 Å². The van der Waals surface area contributed by atoms with Crippen LogP contribution in [0.4, 0.5) is 5.69 Å². The quantitative estimate of drug-likeness (QED) is 0.790. The lowest BCUT2D eigenvalue weighted by Gasteiger charge is -2.13. The number of hydrogen-bond donors (Lipinski definition) is 1. The van der Waals surface area contributed by atoms with Gasteiger partial charge in [0.25, 0.3) is 0 Å². The van der Waals surface area contributed by atoms with E-state index in [9.17, 15) is 0 Å². The fourth-order valence-electron chi connectivity index (χ4n) is 1.96. The van der Waals surface area contributed by atoms with Crippen LogP contribution in [0.3, 0.4) is 0 Å². The van der Waals surface area contributed by atoms with Gasteiger partial charge in [0.2, 0.25) is 0 Å². The number of aromatic nitrogens is 3. The number of fused-ring (bicyclic) bond motifs is 1. The van der Waals surface area contributed by atoms with Crippen molar-refractivity contribution in [1.82, 2.24) is 15.0 Å². The Labute approximate surface area is 115 Å². The largest absolute Gasteiger partial charge is 0.377 e. The fraction of sp³-hybridized carbons (Fsp3) is 0.214. The molecule has 19 heavy (non-hydrogen) atoms. The molecule has 0 radical (unpaired) electrons. The molecule has 0 aliphatic rings. The smallest absolute Gasteiger partial charge is 0.0907 e. The maximum absolute atomic E-state index is 4.50. The van der Waals surface area contributed by atoms with Crippen molar-refractivity contribution in [2.24, 2.45) is 0 Å². The highest BCUT2D eigenvalue weighted by Gasteiger charge is 2.09. The summed E-state index contributed by atoms with van der Waals surface area (Å²) in [5.74, 6) is 0. The fourth-order valence-corrected chi connectivity index (χ4v) is 2.66. The molecule has 0 amide bonds. The van der Waals surface area contributed by atoms with E-state index in [0.29, 0.717) is 0 Å². The van der Waals surface area contributed by atoms with Crippen molar-refractivity contribution >= 4 is 28.1 Å². The molecule has 0 aliphatic carbocycles. The number of aryl methyl sites for hydroxylation is 1. The van der Waals surface area contributed by atoms with Gasteiger partial charge in [-0.2, -0.15) is 0 Å². The topological polar surface area (TPSA) is 50.7 Å². The van der Waals surface area contributed by atoms with Gasteiger partial charge in [0.15, 0.2) is 0 Å². The SMILES string of the molecule is Cc1nc(C(C)Nc2ccc3nccnc3c2)cs1. The second-order valence-electron chi connectivity index (χ2n) is 4.42. The zero-order valence-electron chi connectivity index (χ0n) is 10.8. The van der Waals surface area contributed by atoms with Gasteiger partial charge >= 0.3 is 0 Å². The van der Waals surface area contributed by atoms with E-state index in [1.165, 1.54) is 0 Å². The molecule has 3 aromatic rings. The third-order valence-electron chi connectivity index (χ3n) is 2.93. The van der Waals surface area contributed by atoms with Crippen molar-refractivity contribution in [1.29, 1.82) is 0 Å². The Morgan fingerprint density at radius 1 is 1.16 bits per heavy atom. The summed E-state index contributed by atoms with van der Waals surface area (Å²) in [6, 6.07) is 6.19. The zero-order chi connectivity index (χ0) is 13.2. The first-order valence-corrected chi connectivity index (χ1v) is 7.00.